The summed E-state index contributed by atoms with van der Waals surface area (Å²) in [6, 6.07) is 0.754. The fourth-order valence-corrected chi connectivity index (χ4v) is 2.45. The van der Waals surface area contributed by atoms with Crippen molar-refractivity contribution in [2.75, 3.05) is 32.8 Å². The van der Waals surface area contributed by atoms with Crippen molar-refractivity contribution >= 4 is 0 Å². The molecule has 2 aliphatic heterocycles. The topological polar surface area (TPSA) is 42.7 Å². The predicted octanol–water partition coefficient (Wildman–Crippen LogP) is 1.14. The van der Waals surface area contributed by atoms with E-state index in [-0.39, 0.29) is 0 Å². The minimum absolute atomic E-state index is 0.602. The molecule has 2 aliphatic rings. The standard InChI is InChI=1S/C9H18N4/c10-11-8-12-5-6-13-4-2-1-3-9(13)7-12/h9-10H,1-8H2. The average molecular weight is 182 g/mol. The molecule has 2 rings (SSSR count). The SMILES string of the molecule is N=NCN1CCN2CCCCC2C1. The molecule has 0 spiro atoms. The summed E-state index contributed by atoms with van der Waals surface area (Å²) in [5, 5.41) is 3.45. The van der Waals surface area contributed by atoms with Crippen LogP contribution in [0.3, 0.4) is 0 Å². The molecular formula is C9H18N4. The van der Waals surface area contributed by atoms with E-state index in [1.54, 1.807) is 0 Å². The molecule has 0 radical (unpaired) electrons. The Bertz CT molecular complexity index is 182. The average Bonchev–Trinajstić information content (AvgIpc) is 2.18. The largest absolute Gasteiger partial charge is 0.298 e. The minimum atomic E-state index is 0.602. The van der Waals surface area contributed by atoms with Crippen molar-refractivity contribution in [3.05, 3.63) is 0 Å². The number of nitrogens with one attached hydrogen (secondary N) is 1. The van der Waals surface area contributed by atoms with Crippen LogP contribution in [-0.2, 0) is 0 Å². The van der Waals surface area contributed by atoms with Gasteiger partial charge in [-0.05, 0) is 19.4 Å². The van der Waals surface area contributed by atoms with Crippen molar-refractivity contribution < 1.29 is 0 Å². The number of nitrogens with zero attached hydrogens (tertiary/aromatic N) is 3. The van der Waals surface area contributed by atoms with Gasteiger partial charge in [0.05, 0.1) is 0 Å². The molecule has 0 bridgehead atoms. The summed E-state index contributed by atoms with van der Waals surface area (Å²) in [5.74, 6) is 0. The summed E-state index contributed by atoms with van der Waals surface area (Å²) in [6.45, 7) is 5.29. The second-order valence-electron chi connectivity index (χ2n) is 4.06. The maximum atomic E-state index is 6.84. The lowest BCUT2D eigenvalue weighted by atomic mass is 10.00. The number of piperidine rings is 1. The van der Waals surface area contributed by atoms with Gasteiger partial charge in [-0.3, -0.25) is 9.80 Å². The van der Waals surface area contributed by atoms with E-state index in [1.165, 1.54) is 32.4 Å². The molecule has 2 heterocycles. The van der Waals surface area contributed by atoms with Gasteiger partial charge in [-0.25, -0.2) is 5.53 Å². The number of rotatable bonds is 2. The number of fused-ring (bicyclic) bond motifs is 1. The van der Waals surface area contributed by atoms with E-state index < -0.39 is 0 Å². The summed E-state index contributed by atoms with van der Waals surface area (Å²) in [7, 11) is 0. The van der Waals surface area contributed by atoms with Crippen LogP contribution in [0, 0.1) is 5.53 Å². The molecular weight excluding hydrogens is 164 g/mol. The molecule has 4 nitrogen and oxygen atoms in total. The van der Waals surface area contributed by atoms with Crippen LogP contribution in [0.2, 0.25) is 0 Å². The third kappa shape index (κ3) is 2.06. The van der Waals surface area contributed by atoms with Gasteiger partial charge >= 0.3 is 0 Å². The Morgan fingerprint density at radius 3 is 3.00 bits per heavy atom. The summed E-state index contributed by atoms with van der Waals surface area (Å²) in [4.78, 5) is 4.89. The van der Waals surface area contributed by atoms with Gasteiger partial charge in [0.2, 0.25) is 0 Å². The van der Waals surface area contributed by atoms with Crippen LogP contribution in [0.4, 0.5) is 0 Å². The lowest BCUT2D eigenvalue weighted by Gasteiger charge is -2.43. The Balaban J connectivity index is 1.87. The summed E-state index contributed by atoms with van der Waals surface area (Å²) in [6.07, 6.45) is 4.10. The molecule has 2 fully saturated rings. The quantitative estimate of drug-likeness (QED) is 0.651. The third-order valence-corrected chi connectivity index (χ3v) is 3.19. The summed E-state index contributed by atoms with van der Waals surface area (Å²) < 4.78 is 0. The Morgan fingerprint density at radius 1 is 1.23 bits per heavy atom. The van der Waals surface area contributed by atoms with Crippen molar-refractivity contribution in [1.82, 2.24) is 9.80 Å². The van der Waals surface area contributed by atoms with E-state index >= 15 is 0 Å². The Hall–Kier alpha value is -0.480. The van der Waals surface area contributed by atoms with Crippen LogP contribution < -0.4 is 0 Å². The van der Waals surface area contributed by atoms with Crippen LogP contribution in [0.1, 0.15) is 19.3 Å². The first-order chi connectivity index (χ1) is 6.40. The van der Waals surface area contributed by atoms with Gasteiger partial charge < -0.3 is 0 Å². The first-order valence-corrected chi connectivity index (χ1v) is 5.20. The van der Waals surface area contributed by atoms with Gasteiger partial charge in [0.15, 0.2) is 0 Å². The maximum absolute atomic E-state index is 6.84. The highest BCUT2D eigenvalue weighted by atomic mass is 15.3. The fraction of sp³-hybridized carbons (Fsp3) is 1.00. The minimum Gasteiger partial charge on any atom is -0.298 e. The molecule has 0 amide bonds. The fourth-order valence-electron chi connectivity index (χ4n) is 2.45. The zero-order valence-corrected chi connectivity index (χ0v) is 8.08. The monoisotopic (exact) mass is 182 g/mol. The maximum Gasteiger partial charge on any atom is 0.112 e. The first-order valence-electron chi connectivity index (χ1n) is 5.20. The third-order valence-electron chi connectivity index (χ3n) is 3.19. The second kappa shape index (κ2) is 4.15. The Labute approximate surface area is 79.4 Å². The number of hydrogen-bond donors (Lipinski definition) is 1. The normalized spacial score (nSPS) is 31.2. The van der Waals surface area contributed by atoms with Crippen LogP contribution in [0.25, 0.3) is 0 Å². The van der Waals surface area contributed by atoms with Crippen LogP contribution in [-0.4, -0.2) is 48.7 Å². The lowest BCUT2D eigenvalue weighted by Crippen LogP contribution is -2.54. The molecule has 1 unspecified atom stereocenters. The molecule has 0 aromatic rings. The highest BCUT2D eigenvalue weighted by Gasteiger charge is 2.28. The van der Waals surface area contributed by atoms with Crippen LogP contribution in [0.5, 0.6) is 0 Å². The zero-order valence-electron chi connectivity index (χ0n) is 8.08. The van der Waals surface area contributed by atoms with E-state index in [4.69, 9.17) is 5.53 Å². The van der Waals surface area contributed by atoms with E-state index in [1.807, 2.05) is 0 Å². The molecule has 0 aromatic heterocycles. The predicted molar refractivity (Wildman–Crippen MR) is 50.8 cm³/mol. The lowest BCUT2D eigenvalue weighted by molar-refractivity contribution is 0.0499. The van der Waals surface area contributed by atoms with E-state index in [9.17, 15) is 0 Å². The zero-order chi connectivity index (χ0) is 9.10. The van der Waals surface area contributed by atoms with E-state index in [0.29, 0.717) is 6.67 Å². The van der Waals surface area contributed by atoms with Crippen molar-refractivity contribution in [2.24, 2.45) is 5.11 Å². The highest BCUT2D eigenvalue weighted by molar-refractivity contribution is 4.84. The second-order valence-corrected chi connectivity index (χ2v) is 4.06. The van der Waals surface area contributed by atoms with Gasteiger partial charge in [-0.15, -0.1) is 0 Å². The molecule has 0 aromatic carbocycles. The molecule has 0 saturated carbocycles. The highest BCUT2D eigenvalue weighted by Crippen LogP contribution is 2.20. The van der Waals surface area contributed by atoms with Gasteiger partial charge in [0.1, 0.15) is 6.67 Å². The van der Waals surface area contributed by atoms with Gasteiger partial charge in [0.25, 0.3) is 0 Å². The number of hydrogen-bond acceptors (Lipinski definition) is 4. The van der Waals surface area contributed by atoms with Crippen molar-refractivity contribution in [2.45, 2.75) is 25.3 Å². The van der Waals surface area contributed by atoms with Gasteiger partial charge in [-0.1, -0.05) is 6.42 Å². The molecule has 0 aliphatic carbocycles. The Kier molecular flexibility index (Phi) is 2.90. The smallest absolute Gasteiger partial charge is 0.112 e. The van der Waals surface area contributed by atoms with Crippen LogP contribution >= 0.6 is 0 Å². The molecule has 4 heteroatoms. The molecule has 13 heavy (non-hydrogen) atoms. The molecule has 1 N–H and O–H groups in total. The molecule has 2 saturated heterocycles. The van der Waals surface area contributed by atoms with Crippen molar-refractivity contribution in [3.63, 3.8) is 0 Å². The molecule has 1 atom stereocenters. The summed E-state index contributed by atoms with van der Waals surface area (Å²) in [5.41, 5.74) is 6.84. The number of piperazine rings is 1. The first kappa shape index (κ1) is 9.09. The van der Waals surface area contributed by atoms with E-state index in [2.05, 4.69) is 14.9 Å². The Morgan fingerprint density at radius 2 is 2.15 bits per heavy atom. The van der Waals surface area contributed by atoms with Crippen molar-refractivity contribution in [3.8, 4) is 0 Å². The van der Waals surface area contributed by atoms with Crippen molar-refractivity contribution in [1.29, 1.82) is 5.53 Å². The molecule has 74 valence electrons. The van der Waals surface area contributed by atoms with Crippen LogP contribution in [0.15, 0.2) is 5.11 Å². The van der Waals surface area contributed by atoms with Gasteiger partial charge in [0, 0.05) is 25.7 Å². The van der Waals surface area contributed by atoms with Gasteiger partial charge in [-0.2, -0.15) is 5.11 Å². The summed E-state index contributed by atoms with van der Waals surface area (Å²) >= 11 is 0. The van der Waals surface area contributed by atoms with E-state index in [0.717, 1.165) is 19.1 Å².